The van der Waals surface area contributed by atoms with Gasteiger partial charge < -0.3 is 10.1 Å². The summed E-state index contributed by atoms with van der Waals surface area (Å²) in [6, 6.07) is 8.03. The van der Waals surface area contributed by atoms with Gasteiger partial charge in [0.25, 0.3) is 0 Å². The minimum absolute atomic E-state index is 0.285. The first-order chi connectivity index (χ1) is 7.29. The Morgan fingerprint density at radius 1 is 1.47 bits per heavy atom. The Kier molecular flexibility index (Phi) is 2.90. The molecule has 80 valence electrons. The molecule has 1 aliphatic rings. The number of hydrogen-bond donors (Lipinski definition) is 1. The van der Waals surface area contributed by atoms with Crippen LogP contribution in [0.4, 0.5) is 5.69 Å². The van der Waals surface area contributed by atoms with Gasteiger partial charge in [0, 0.05) is 11.7 Å². The largest absolute Gasteiger partial charge is 0.465 e. The van der Waals surface area contributed by atoms with Crippen LogP contribution in [0.15, 0.2) is 24.3 Å². The van der Waals surface area contributed by atoms with E-state index in [2.05, 4.69) is 10.1 Å². The average Bonchev–Trinajstić information content (AvgIpc) is 2.23. The van der Waals surface area contributed by atoms with E-state index < -0.39 is 0 Å². The normalized spacial score (nSPS) is 15.5. The summed E-state index contributed by atoms with van der Waals surface area (Å²) in [6.45, 7) is 0. The standard InChI is InChI=1S/C12H15NO2/c1-15-12(14)9-4-2-7-11(8-9)13-10-5-3-6-10/h2,4,7-8,10,13H,3,5-6H2,1H3. The van der Waals surface area contributed by atoms with E-state index >= 15 is 0 Å². The Balaban J connectivity index is 2.07. The van der Waals surface area contributed by atoms with Gasteiger partial charge in [-0.25, -0.2) is 4.79 Å². The van der Waals surface area contributed by atoms with Crippen molar-refractivity contribution in [1.82, 2.24) is 0 Å². The van der Waals surface area contributed by atoms with Crippen LogP contribution in [-0.2, 0) is 4.74 Å². The summed E-state index contributed by atoms with van der Waals surface area (Å²) in [7, 11) is 1.40. The molecule has 0 amide bonds. The van der Waals surface area contributed by atoms with Crippen LogP contribution >= 0.6 is 0 Å². The average molecular weight is 205 g/mol. The summed E-state index contributed by atoms with van der Waals surface area (Å²) in [5.74, 6) is -0.285. The van der Waals surface area contributed by atoms with Gasteiger partial charge in [-0.05, 0) is 37.5 Å². The van der Waals surface area contributed by atoms with Gasteiger partial charge in [-0.15, -0.1) is 0 Å². The van der Waals surface area contributed by atoms with Gasteiger partial charge in [0.15, 0.2) is 0 Å². The molecule has 0 unspecified atom stereocenters. The topological polar surface area (TPSA) is 38.3 Å². The molecule has 0 heterocycles. The van der Waals surface area contributed by atoms with Crippen LogP contribution in [-0.4, -0.2) is 19.1 Å². The smallest absolute Gasteiger partial charge is 0.337 e. The SMILES string of the molecule is COC(=O)c1cccc(NC2CCC2)c1. The number of benzene rings is 1. The monoisotopic (exact) mass is 205 g/mol. The van der Waals surface area contributed by atoms with Crippen LogP contribution in [0.2, 0.25) is 0 Å². The highest BCUT2D eigenvalue weighted by molar-refractivity contribution is 5.90. The second-order valence-electron chi connectivity index (χ2n) is 3.84. The number of rotatable bonds is 3. The Morgan fingerprint density at radius 3 is 2.87 bits per heavy atom. The Labute approximate surface area is 89.4 Å². The number of esters is 1. The minimum Gasteiger partial charge on any atom is -0.465 e. The number of carbonyl (C=O) groups excluding carboxylic acids is 1. The molecule has 3 nitrogen and oxygen atoms in total. The molecule has 0 saturated heterocycles. The first-order valence-corrected chi connectivity index (χ1v) is 5.24. The predicted molar refractivity (Wildman–Crippen MR) is 59.0 cm³/mol. The second kappa shape index (κ2) is 4.34. The molecule has 1 fully saturated rings. The molecule has 3 heteroatoms. The fourth-order valence-electron chi connectivity index (χ4n) is 1.64. The lowest BCUT2D eigenvalue weighted by Gasteiger charge is -2.27. The first kappa shape index (κ1) is 10.0. The van der Waals surface area contributed by atoms with Gasteiger partial charge in [-0.2, -0.15) is 0 Å². The molecule has 1 aromatic carbocycles. The quantitative estimate of drug-likeness (QED) is 0.770. The van der Waals surface area contributed by atoms with E-state index in [0.29, 0.717) is 11.6 Å². The van der Waals surface area contributed by atoms with Crippen molar-refractivity contribution in [2.75, 3.05) is 12.4 Å². The molecule has 0 aliphatic heterocycles. The van der Waals surface area contributed by atoms with Crippen LogP contribution in [0, 0.1) is 0 Å². The molecule has 0 radical (unpaired) electrons. The number of methoxy groups -OCH3 is 1. The molecule has 15 heavy (non-hydrogen) atoms. The summed E-state index contributed by atoms with van der Waals surface area (Å²) in [5.41, 5.74) is 1.60. The molecule has 0 aromatic heterocycles. The highest BCUT2D eigenvalue weighted by atomic mass is 16.5. The van der Waals surface area contributed by atoms with E-state index in [-0.39, 0.29) is 5.97 Å². The highest BCUT2D eigenvalue weighted by Gasteiger charge is 2.17. The number of carbonyl (C=O) groups is 1. The summed E-state index contributed by atoms with van der Waals surface area (Å²) < 4.78 is 4.67. The van der Waals surface area contributed by atoms with Crippen LogP contribution in [0.1, 0.15) is 29.6 Å². The summed E-state index contributed by atoms with van der Waals surface area (Å²) >= 11 is 0. The maximum Gasteiger partial charge on any atom is 0.337 e. The van der Waals surface area contributed by atoms with E-state index in [0.717, 1.165) is 5.69 Å². The predicted octanol–water partition coefficient (Wildman–Crippen LogP) is 2.44. The van der Waals surface area contributed by atoms with E-state index in [1.165, 1.54) is 26.4 Å². The summed E-state index contributed by atoms with van der Waals surface area (Å²) in [4.78, 5) is 11.3. The number of ether oxygens (including phenoxy) is 1. The fraction of sp³-hybridized carbons (Fsp3) is 0.417. The van der Waals surface area contributed by atoms with Crippen LogP contribution in [0.5, 0.6) is 0 Å². The molecule has 0 spiro atoms. The third-order valence-corrected chi connectivity index (χ3v) is 2.76. The van der Waals surface area contributed by atoms with Crippen molar-refractivity contribution in [3.63, 3.8) is 0 Å². The maximum atomic E-state index is 11.3. The van der Waals surface area contributed by atoms with Gasteiger partial charge in [0.05, 0.1) is 12.7 Å². The zero-order chi connectivity index (χ0) is 10.7. The Morgan fingerprint density at radius 2 is 2.27 bits per heavy atom. The zero-order valence-electron chi connectivity index (χ0n) is 8.82. The highest BCUT2D eigenvalue weighted by Crippen LogP contribution is 2.23. The van der Waals surface area contributed by atoms with Crippen molar-refractivity contribution < 1.29 is 9.53 Å². The van der Waals surface area contributed by atoms with Crippen molar-refractivity contribution in [3.8, 4) is 0 Å². The van der Waals surface area contributed by atoms with Crippen LogP contribution < -0.4 is 5.32 Å². The molecule has 0 bridgehead atoms. The number of hydrogen-bond acceptors (Lipinski definition) is 3. The Bertz CT molecular complexity index is 358. The van der Waals surface area contributed by atoms with Gasteiger partial charge in [-0.3, -0.25) is 0 Å². The molecule has 1 saturated carbocycles. The van der Waals surface area contributed by atoms with Crippen molar-refractivity contribution in [2.24, 2.45) is 0 Å². The molecule has 2 rings (SSSR count). The molecule has 1 aliphatic carbocycles. The van der Waals surface area contributed by atoms with Gasteiger partial charge in [-0.1, -0.05) is 6.07 Å². The molecular weight excluding hydrogens is 190 g/mol. The number of nitrogens with one attached hydrogen (secondary N) is 1. The first-order valence-electron chi connectivity index (χ1n) is 5.24. The second-order valence-corrected chi connectivity index (χ2v) is 3.84. The molecule has 1 N–H and O–H groups in total. The third kappa shape index (κ3) is 2.29. The fourth-order valence-corrected chi connectivity index (χ4v) is 1.64. The van der Waals surface area contributed by atoms with Crippen molar-refractivity contribution >= 4 is 11.7 Å². The van der Waals surface area contributed by atoms with Crippen LogP contribution in [0.3, 0.4) is 0 Å². The lowest BCUT2D eigenvalue weighted by Crippen LogP contribution is -2.27. The van der Waals surface area contributed by atoms with Crippen molar-refractivity contribution in [3.05, 3.63) is 29.8 Å². The van der Waals surface area contributed by atoms with E-state index in [9.17, 15) is 4.79 Å². The van der Waals surface area contributed by atoms with Crippen LogP contribution in [0.25, 0.3) is 0 Å². The lowest BCUT2D eigenvalue weighted by atomic mass is 9.93. The number of anilines is 1. The Hall–Kier alpha value is -1.51. The third-order valence-electron chi connectivity index (χ3n) is 2.76. The molecular formula is C12H15NO2. The summed E-state index contributed by atoms with van der Waals surface area (Å²) in [6.07, 6.45) is 3.75. The zero-order valence-corrected chi connectivity index (χ0v) is 8.82. The van der Waals surface area contributed by atoms with E-state index in [1.54, 1.807) is 6.07 Å². The lowest BCUT2D eigenvalue weighted by molar-refractivity contribution is 0.0601. The molecule has 0 atom stereocenters. The van der Waals surface area contributed by atoms with Gasteiger partial charge in [0.2, 0.25) is 0 Å². The van der Waals surface area contributed by atoms with Gasteiger partial charge >= 0.3 is 5.97 Å². The van der Waals surface area contributed by atoms with Gasteiger partial charge in [0.1, 0.15) is 0 Å². The van der Waals surface area contributed by atoms with Crippen molar-refractivity contribution in [1.29, 1.82) is 0 Å². The minimum atomic E-state index is -0.285. The maximum absolute atomic E-state index is 11.3. The van der Waals surface area contributed by atoms with Crippen molar-refractivity contribution in [2.45, 2.75) is 25.3 Å². The van der Waals surface area contributed by atoms with E-state index in [1.807, 2.05) is 18.2 Å². The summed E-state index contributed by atoms with van der Waals surface area (Å²) in [5, 5.41) is 3.39. The molecule has 1 aromatic rings. The van der Waals surface area contributed by atoms with E-state index in [4.69, 9.17) is 0 Å².